The smallest absolute Gasteiger partial charge is 0.203 e. The van der Waals surface area contributed by atoms with E-state index in [1.165, 1.54) is 18.2 Å². The van der Waals surface area contributed by atoms with Crippen LogP contribution in [-0.4, -0.2) is 44.4 Å². The normalized spacial score (nSPS) is 14.0. The van der Waals surface area contributed by atoms with E-state index in [4.69, 9.17) is 4.78 Å². The van der Waals surface area contributed by atoms with Crippen molar-refractivity contribution < 1.29 is 18.4 Å². The predicted octanol–water partition coefficient (Wildman–Crippen LogP) is 2.59. The van der Waals surface area contributed by atoms with E-state index >= 15 is 0 Å². The van der Waals surface area contributed by atoms with Gasteiger partial charge in [-0.2, -0.15) is 0 Å². The van der Waals surface area contributed by atoms with Gasteiger partial charge >= 0.3 is 0 Å². The van der Waals surface area contributed by atoms with Crippen molar-refractivity contribution in [2.24, 2.45) is 5.16 Å². The Balaban J connectivity index is 1.96. The molecule has 10 nitrogen and oxygen atoms in total. The summed E-state index contributed by atoms with van der Waals surface area (Å²) in [5.41, 5.74) is 0.586. The molecule has 0 saturated heterocycles. The fraction of sp³-hybridized carbons (Fsp3) is 0.357. The van der Waals surface area contributed by atoms with Crippen LogP contribution in [0.25, 0.3) is 0 Å². The topological polar surface area (TPSA) is 149 Å². The first-order valence-corrected chi connectivity index (χ1v) is 10.4. The molecule has 0 amide bonds. The molecule has 13 heteroatoms. The molecule has 148 valence electrons. The van der Waals surface area contributed by atoms with Crippen molar-refractivity contribution in [3.8, 4) is 0 Å². The van der Waals surface area contributed by atoms with Gasteiger partial charge in [0.25, 0.3) is 0 Å². The van der Waals surface area contributed by atoms with Gasteiger partial charge in [-0.25, -0.2) is 22.7 Å². The van der Waals surface area contributed by atoms with Crippen LogP contribution in [0.4, 0.5) is 15.9 Å². The van der Waals surface area contributed by atoms with Crippen molar-refractivity contribution in [3.63, 3.8) is 0 Å². The fourth-order valence-electron chi connectivity index (χ4n) is 1.94. The average molecular weight is 464 g/mol. The van der Waals surface area contributed by atoms with Gasteiger partial charge in [-0.1, -0.05) is 12.1 Å². The van der Waals surface area contributed by atoms with Crippen LogP contribution in [0, 0.1) is 10.6 Å². The molecular weight excluding hydrogens is 445 g/mol. The second-order valence-corrected chi connectivity index (χ2v) is 8.37. The van der Waals surface area contributed by atoms with E-state index in [0.29, 0.717) is 25.2 Å². The molecule has 0 spiro atoms. The Morgan fingerprint density at radius 1 is 1.44 bits per heavy atom. The lowest BCUT2D eigenvalue weighted by molar-refractivity contribution is 0.305. The van der Waals surface area contributed by atoms with Crippen molar-refractivity contribution >= 4 is 43.2 Å². The molecule has 1 heterocycles. The van der Waals surface area contributed by atoms with Crippen molar-refractivity contribution in [1.29, 1.82) is 4.78 Å². The Morgan fingerprint density at radius 2 is 2.22 bits per heavy atom. The third-order valence-corrected chi connectivity index (χ3v) is 5.47. The number of amidine groups is 1. The van der Waals surface area contributed by atoms with Gasteiger partial charge in [-0.05, 0) is 50.9 Å². The summed E-state index contributed by atoms with van der Waals surface area (Å²) < 4.78 is 40.0. The molecule has 0 fully saturated rings. The molecule has 0 radical (unpaired) electrons. The lowest BCUT2D eigenvalue weighted by Gasteiger charge is -2.09. The van der Waals surface area contributed by atoms with Gasteiger partial charge in [0.05, 0.1) is 4.47 Å². The number of nitrogens with zero attached hydrogens (tertiary/aromatic N) is 3. The van der Waals surface area contributed by atoms with E-state index in [-0.39, 0.29) is 27.6 Å². The highest BCUT2D eigenvalue weighted by atomic mass is 79.9. The summed E-state index contributed by atoms with van der Waals surface area (Å²) in [6.07, 6.45) is 0.562. The molecule has 0 bridgehead atoms. The predicted molar refractivity (Wildman–Crippen MR) is 103 cm³/mol. The molecule has 27 heavy (non-hydrogen) atoms. The number of nitrogens with one attached hydrogen (secondary N) is 4. The minimum absolute atomic E-state index is 0.0458. The minimum atomic E-state index is -2.74. The summed E-state index contributed by atoms with van der Waals surface area (Å²) in [5.74, 6) is -0.00450. The van der Waals surface area contributed by atoms with Crippen LogP contribution in [0.2, 0.25) is 0 Å². The molecule has 0 aliphatic carbocycles. The van der Waals surface area contributed by atoms with Gasteiger partial charge in [0.1, 0.15) is 15.7 Å². The van der Waals surface area contributed by atoms with Crippen LogP contribution >= 0.6 is 15.9 Å². The van der Waals surface area contributed by atoms with Crippen LogP contribution in [0.1, 0.15) is 19.0 Å². The lowest BCUT2D eigenvalue weighted by atomic mass is 10.3. The zero-order valence-electron chi connectivity index (χ0n) is 14.3. The molecular formula is C14H19BrFN7O3S. The highest BCUT2D eigenvalue weighted by Crippen LogP contribution is 2.21. The summed E-state index contributed by atoms with van der Waals surface area (Å²) >= 11 is 3.07. The quantitative estimate of drug-likeness (QED) is 0.126. The van der Waals surface area contributed by atoms with E-state index < -0.39 is 15.7 Å². The number of rotatable bonds is 9. The number of hydrogen-bond acceptors (Lipinski definition) is 8. The number of anilines is 2. The Bertz CT molecular complexity index is 904. The number of oxime groups is 1. The van der Waals surface area contributed by atoms with Crippen molar-refractivity contribution in [1.82, 2.24) is 15.0 Å². The maximum atomic E-state index is 13.3. The standard InChI is InChI=1S/C14H19BrFN7O3S/c1-2-27(17,25)19-7-3-6-18-13-12(22-26-23-13)14(21-24)20-9-4-5-11(16)10(15)8-9/h4-5,8,24H,2-3,6-7H2,1H3,(H,18,23)(H,20,21)(H2,17,19,25). The zero-order chi connectivity index (χ0) is 19.9. The maximum Gasteiger partial charge on any atom is 0.203 e. The van der Waals surface area contributed by atoms with Crippen LogP contribution < -0.4 is 15.4 Å². The highest BCUT2D eigenvalue weighted by Gasteiger charge is 2.18. The number of hydrogen-bond donors (Lipinski definition) is 5. The molecule has 5 N–H and O–H groups in total. The molecule has 1 aromatic heterocycles. The minimum Gasteiger partial charge on any atom is -0.409 e. The summed E-state index contributed by atoms with van der Waals surface area (Å²) in [7, 11) is -2.74. The fourth-order valence-corrected chi connectivity index (χ4v) is 2.99. The van der Waals surface area contributed by atoms with Gasteiger partial charge in [-0.3, -0.25) is 0 Å². The lowest BCUT2D eigenvalue weighted by Crippen LogP contribution is -2.26. The summed E-state index contributed by atoms with van der Waals surface area (Å²) in [6.45, 7) is 2.48. The molecule has 1 unspecified atom stereocenters. The van der Waals surface area contributed by atoms with Crippen LogP contribution in [-0.2, 0) is 9.92 Å². The zero-order valence-corrected chi connectivity index (χ0v) is 16.7. The van der Waals surface area contributed by atoms with Gasteiger partial charge in [0, 0.05) is 24.5 Å². The summed E-state index contributed by atoms with van der Waals surface area (Å²) in [5, 5.41) is 25.6. The van der Waals surface area contributed by atoms with Crippen LogP contribution in [0.15, 0.2) is 32.5 Å². The molecule has 0 aliphatic rings. The summed E-state index contributed by atoms with van der Waals surface area (Å²) in [4.78, 5) is 0. The Hall–Kier alpha value is -2.25. The van der Waals surface area contributed by atoms with Gasteiger partial charge in [-0.15, -0.1) is 0 Å². The monoisotopic (exact) mass is 463 g/mol. The first-order valence-electron chi connectivity index (χ1n) is 7.88. The van der Waals surface area contributed by atoms with Gasteiger partial charge < -0.3 is 15.8 Å². The van der Waals surface area contributed by atoms with Gasteiger partial charge in [0.2, 0.25) is 11.7 Å². The average Bonchev–Trinajstić information content (AvgIpc) is 3.10. The number of halogens is 2. The van der Waals surface area contributed by atoms with Crippen LogP contribution in [0.5, 0.6) is 0 Å². The van der Waals surface area contributed by atoms with E-state index in [9.17, 15) is 13.8 Å². The Labute approximate surface area is 163 Å². The van der Waals surface area contributed by atoms with Crippen LogP contribution in [0.3, 0.4) is 0 Å². The third kappa shape index (κ3) is 6.15. The molecule has 1 aromatic carbocycles. The molecule has 0 aliphatic heterocycles. The third-order valence-electron chi connectivity index (χ3n) is 3.38. The number of aromatic nitrogens is 2. The summed E-state index contributed by atoms with van der Waals surface area (Å²) in [6, 6.07) is 4.18. The largest absolute Gasteiger partial charge is 0.409 e. The highest BCUT2D eigenvalue weighted by molar-refractivity contribution is 9.10. The van der Waals surface area contributed by atoms with E-state index in [1.54, 1.807) is 6.92 Å². The second kappa shape index (κ2) is 9.62. The Kier molecular flexibility index (Phi) is 7.50. The first-order chi connectivity index (χ1) is 12.9. The van der Waals surface area contributed by atoms with E-state index in [0.717, 1.165) is 0 Å². The Morgan fingerprint density at radius 3 is 2.89 bits per heavy atom. The molecule has 2 aromatic rings. The maximum absolute atomic E-state index is 13.3. The second-order valence-electron chi connectivity index (χ2n) is 5.30. The molecule has 0 saturated carbocycles. The molecule has 1 atom stereocenters. The van der Waals surface area contributed by atoms with Gasteiger partial charge in [0.15, 0.2) is 5.69 Å². The van der Waals surface area contributed by atoms with E-state index in [1.807, 2.05) is 0 Å². The SMILES string of the molecule is CCS(=N)(=O)NCCCNc1nonc1/C(=N/O)Nc1ccc(F)c(Br)c1. The van der Waals surface area contributed by atoms with Crippen molar-refractivity contribution in [2.45, 2.75) is 13.3 Å². The number of benzene rings is 1. The van der Waals surface area contributed by atoms with Crippen molar-refractivity contribution in [2.75, 3.05) is 29.5 Å². The first kappa shape index (κ1) is 21.1. The van der Waals surface area contributed by atoms with E-state index in [2.05, 4.69) is 51.4 Å². The van der Waals surface area contributed by atoms with Crippen molar-refractivity contribution in [3.05, 3.63) is 34.2 Å². The molecule has 2 rings (SSSR count).